The first-order chi connectivity index (χ1) is 19.3. The highest BCUT2D eigenvalue weighted by atomic mass is 32.2. The summed E-state index contributed by atoms with van der Waals surface area (Å²) in [5.41, 5.74) is 0.333. The van der Waals surface area contributed by atoms with Crippen molar-refractivity contribution in [3.8, 4) is 5.75 Å². The number of amides is 1. The molecule has 3 atom stereocenters. The Morgan fingerprint density at radius 2 is 1.90 bits per heavy atom. The van der Waals surface area contributed by atoms with Crippen LogP contribution in [0.25, 0.3) is 0 Å². The number of sulfonamides is 1. The molecule has 41 heavy (non-hydrogen) atoms. The average Bonchev–Trinajstić information content (AvgIpc) is 3.47. The Kier molecular flexibility index (Phi) is 9.32. The van der Waals surface area contributed by atoms with Gasteiger partial charge < -0.3 is 14.7 Å². The summed E-state index contributed by atoms with van der Waals surface area (Å²) in [4.78, 5) is 17.1. The van der Waals surface area contributed by atoms with Crippen LogP contribution in [-0.4, -0.2) is 68.1 Å². The molecular formula is C28H32F3N3O5S2. The molecule has 3 aromatic rings. The van der Waals surface area contributed by atoms with E-state index in [0.717, 1.165) is 23.5 Å². The lowest BCUT2D eigenvalue weighted by atomic mass is 9.99. The number of anilines is 1. The van der Waals surface area contributed by atoms with Crippen LogP contribution in [0.3, 0.4) is 0 Å². The van der Waals surface area contributed by atoms with Crippen LogP contribution in [0.15, 0.2) is 64.2 Å². The molecular weight excluding hydrogens is 579 g/mol. The minimum Gasteiger partial charge on any atom is -0.488 e. The predicted molar refractivity (Wildman–Crippen MR) is 151 cm³/mol. The molecule has 2 aromatic carbocycles. The standard InChI is InChI=1S/C28H32F3N3O5S2/c1-18-14-34(19(2)17-35)27(36)23-13-22(32-41(37,38)26-5-4-12-40-26)10-11-24(23)39-25(18)16-33(3)15-20-6-8-21(9-7-20)28(29,30)31/h4-13,18-19,25,32,35H,14-17H2,1-3H3/t18-,19+,25-/m0/s1. The van der Waals surface area contributed by atoms with Gasteiger partial charge in [-0.3, -0.25) is 14.4 Å². The van der Waals surface area contributed by atoms with Gasteiger partial charge in [0.05, 0.1) is 23.8 Å². The minimum absolute atomic E-state index is 0.132. The topological polar surface area (TPSA) is 99.2 Å². The van der Waals surface area contributed by atoms with Gasteiger partial charge in [0.1, 0.15) is 16.1 Å². The molecule has 0 bridgehead atoms. The summed E-state index contributed by atoms with van der Waals surface area (Å²) in [5, 5.41) is 11.5. The molecule has 0 unspecified atom stereocenters. The zero-order chi connectivity index (χ0) is 29.9. The maximum Gasteiger partial charge on any atom is 0.416 e. The number of carbonyl (C=O) groups is 1. The van der Waals surface area contributed by atoms with Crippen LogP contribution in [0, 0.1) is 5.92 Å². The van der Waals surface area contributed by atoms with Crippen LogP contribution >= 0.6 is 11.3 Å². The molecule has 1 aliphatic heterocycles. The first-order valence-corrected chi connectivity index (χ1v) is 15.3. The highest BCUT2D eigenvalue weighted by Crippen LogP contribution is 2.32. The van der Waals surface area contributed by atoms with Gasteiger partial charge in [-0.05, 0) is 61.3 Å². The van der Waals surface area contributed by atoms with Crippen molar-refractivity contribution in [3.05, 3.63) is 76.7 Å². The number of likely N-dealkylation sites (N-methyl/N-ethyl adjacent to an activating group) is 1. The molecule has 0 saturated carbocycles. The van der Waals surface area contributed by atoms with Gasteiger partial charge in [-0.2, -0.15) is 13.2 Å². The van der Waals surface area contributed by atoms with E-state index in [-0.39, 0.29) is 40.3 Å². The van der Waals surface area contributed by atoms with E-state index in [1.54, 1.807) is 29.3 Å². The van der Waals surface area contributed by atoms with Gasteiger partial charge in [-0.25, -0.2) is 8.42 Å². The molecule has 2 N–H and O–H groups in total. The number of halogens is 3. The van der Waals surface area contributed by atoms with Crippen molar-refractivity contribution in [2.24, 2.45) is 5.92 Å². The third-order valence-corrected chi connectivity index (χ3v) is 9.68. The number of fused-ring (bicyclic) bond motifs is 1. The number of nitrogens with one attached hydrogen (secondary N) is 1. The first-order valence-electron chi connectivity index (χ1n) is 12.9. The quantitative estimate of drug-likeness (QED) is 0.357. The van der Waals surface area contributed by atoms with Crippen molar-refractivity contribution < 1.29 is 36.2 Å². The van der Waals surface area contributed by atoms with Crippen LogP contribution in [0.2, 0.25) is 0 Å². The molecule has 1 aromatic heterocycles. The highest BCUT2D eigenvalue weighted by Gasteiger charge is 2.34. The zero-order valence-electron chi connectivity index (χ0n) is 22.8. The maximum absolute atomic E-state index is 13.6. The number of thiophene rings is 1. The van der Waals surface area contributed by atoms with Crippen molar-refractivity contribution in [3.63, 3.8) is 0 Å². The molecule has 0 radical (unpaired) electrons. The summed E-state index contributed by atoms with van der Waals surface area (Å²) in [7, 11) is -2.02. The second-order valence-corrected chi connectivity index (χ2v) is 13.1. The average molecular weight is 612 g/mol. The minimum atomic E-state index is -4.40. The number of hydrogen-bond acceptors (Lipinski definition) is 7. The number of nitrogens with zero attached hydrogens (tertiary/aromatic N) is 2. The third-order valence-electron chi connectivity index (χ3n) is 6.90. The monoisotopic (exact) mass is 611 g/mol. The number of ether oxygens (including phenoxy) is 1. The summed E-state index contributed by atoms with van der Waals surface area (Å²) >= 11 is 1.07. The summed E-state index contributed by atoms with van der Waals surface area (Å²) in [6.45, 7) is 4.42. The number of rotatable bonds is 9. The van der Waals surface area contributed by atoms with E-state index >= 15 is 0 Å². The smallest absolute Gasteiger partial charge is 0.416 e. The molecule has 1 amide bonds. The normalized spacial score (nSPS) is 18.8. The molecule has 222 valence electrons. The van der Waals surface area contributed by atoms with Crippen molar-refractivity contribution in [1.29, 1.82) is 0 Å². The van der Waals surface area contributed by atoms with Gasteiger partial charge in [0.15, 0.2) is 0 Å². The molecule has 1 aliphatic rings. The lowest BCUT2D eigenvalue weighted by molar-refractivity contribution is -0.137. The number of alkyl halides is 3. The number of aliphatic hydroxyl groups is 1. The Morgan fingerprint density at radius 1 is 1.20 bits per heavy atom. The van der Waals surface area contributed by atoms with Crippen LogP contribution in [-0.2, 0) is 22.7 Å². The number of carbonyl (C=O) groups excluding carboxylic acids is 1. The van der Waals surface area contributed by atoms with Gasteiger partial charge in [-0.15, -0.1) is 11.3 Å². The second kappa shape index (κ2) is 12.4. The Morgan fingerprint density at radius 3 is 2.51 bits per heavy atom. The Hall–Kier alpha value is -3.13. The fraction of sp³-hybridized carbons (Fsp3) is 0.393. The molecule has 0 aliphatic carbocycles. The number of hydrogen-bond donors (Lipinski definition) is 2. The second-order valence-electron chi connectivity index (χ2n) is 10.3. The van der Waals surface area contributed by atoms with Gasteiger partial charge >= 0.3 is 6.18 Å². The highest BCUT2D eigenvalue weighted by molar-refractivity contribution is 7.94. The fourth-order valence-electron chi connectivity index (χ4n) is 4.61. The van der Waals surface area contributed by atoms with E-state index in [0.29, 0.717) is 18.7 Å². The summed E-state index contributed by atoms with van der Waals surface area (Å²) in [5.74, 6) is -0.306. The lowest BCUT2D eigenvalue weighted by Crippen LogP contribution is -2.49. The van der Waals surface area contributed by atoms with Crippen molar-refractivity contribution in [2.45, 2.75) is 42.9 Å². The van der Waals surface area contributed by atoms with Crippen LogP contribution in [0.4, 0.5) is 18.9 Å². The fourth-order valence-corrected chi connectivity index (χ4v) is 6.65. The first kappa shape index (κ1) is 30.8. The molecule has 8 nitrogen and oxygen atoms in total. The lowest BCUT2D eigenvalue weighted by Gasteiger charge is -2.38. The van der Waals surface area contributed by atoms with Gasteiger partial charge in [0, 0.05) is 31.2 Å². The van der Waals surface area contributed by atoms with Gasteiger partial charge in [0.2, 0.25) is 0 Å². The van der Waals surface area contributed by atoms with Crippen molar-refractivity contribution in [2.75, 3.05) is 31.5 Å². The molecule has 4 rings (SSSR count). The van der Waals surface area contributed by atoms with E-state index in [4.69, 9.17) is 4.74 Å². The van der Waals surface area contributed by atoms with E-state index in [1.165, 1.54) is 30.3 Å². The number of benzene rings is 2. The maximum atomic E-state index is 13.6. The van der Waals surface area contributed by atoms with E-state index < -0.39 is 39.8 Å². The van der Waals surface area contributed by atoms with E-state index in [2.05, 4.69) is 4.72 Å². The van der Waals surface area contributed by atoms with Crippen LogP contribution < -0.4 is 9.46 Å². The molecule has 0 spiro atoms. The molecule has 13 heteroatoms. The molecule has 0 saturated heterocycles. The molecule has 2 heterocycles. The summed E-state index contributed by atoms with van der Waals surface area (Å²) < 4.78 is 73.3. The third kappa shape index (κ3) is 7.39. The Labute approximate surface area is 241 Å². The predicted octanol–water partition coefficient (Wildman–Crippen LogP) is 4.92. The largest absolute Gasteiger partial charge is 0.488 e. The zero-order valence-corrected chi connectivity index (χ0v) is 24.4. The number of aliphatic hydroxyl groups excluding tert-OH is 1. The summed E-state index contributed by atoms with van der Waals surface area (Å²) in [6.07, 6.45) is -4.83. The Bertz CT molecular complexity index is 1450. The van der Waals surface area contributed by atoms with E-state index in [9.17, 15) is 31.5 Å². The SMILES string of the molecule is C[C@H](CO)N1C[C@H](C)[C@H](CN(C)Cc2ccc(C(F)(F)F)cc2)Oc2ccc(NS(=O)(=O)c3cccs3)cc2C1=O. The van der Waals surface area contributed by atoms with Gasteiger partial charge in [0.25, 0.3) is 15.9 Å². The van der Waals surface area contributed by atoms with Crippen LogP contribution in [0.1, 0.15) is 35.3 Å². The van der Waals surface area contributed by atoms with E-state index in [1.807, 2.05) is 18.9 Å². The molecule has 0 fully saturated rings. The van der Waals surface area contributed by atoms with Gasteiger partial charge in [-0.1, -0.05) is 25.1 Å². The van der Waals surface area contributed by atoms with Crippen LogP contribution in [0.5, 0.6) is 5.75 Å². The Balaban J connectivity index is 1.58. The summed E-state index contributed by atoms with van der Waals surface area (Å²) in [6, 6.07) is 12.1. The van der Waals surface area contributed by atoms with Crippen molar-refractivity contribution in [1.82, 2.24) is 9.80 Å². The van der Waals surface area contributed by atoms with Crippen molar-refractivity contribution >= 4 is 33.0 Å².